The topological polar surface area (TPSA) is 83.8 Å². The van der Waals surface area contributed by atoms with Gasteiger partial charge >= 0.3 is 0 Å². The number of nitrogens with zero attached hydrogens (tertiary/aromatic N) is 2. The highest BCUT2D eigenvalue weighted by molar-refractivity contribution is 5.92. The standard InChI is InChI=1S/C12H14N4O2/c1-7-4-11(16-18-7)12(17)14-9-3-2-8-6-13-15-10(8)5-9/h4,6,9H,2-3,5H2,1H3,(H,13,15)(H,14,17). The van der Waals surface area contributed by atoms with E-state index in [0.717, 1.165) is 25.0 Å². The first-order chi connectivity index (χ1) is 8.72. The van der Waals surface area contributed by atoms with Gasteiger partial charge in [-0.3, -0.25) is 9.89 Å². The summed E-state index contributed by atoms with van der Waals surface area (Å²) in [4.78, 5) is 11.9. The van der Waals surface area contributed by atoms with E-state index in [9.17, 15) is 4.79 Å². The zero-order valence-corrected chi connectivity index (χ0v) is 10.1. The number of rotatable bonds is 2. The molecule has 2 N–H and O–H groups in total. The van der Waals surface area contributed by atoms with Crippen molar-refractivity contribution in [2.24, 2.45) is 0 Å². The number of nitrogens with one attached hydrogen (secondary N) is 2. The molecule has 1 amide bonds. The summed E-state index contributed by atoms with van der Waals surface area (Å²) in [6.07, 6.45) is 4.51. The molecule has 1 aliphatic rings. The van der Waals surface area contributed by atoms with Crippen molar-refractivity contribution in [2.75, 3.05) is 0 Å². The minimum atomic E-state index is -0.181. The van der Waals surface area contributed by atoms with E-state index in [4.69, 9.17) is 4.52 Å². The molecular formula is C12H14N4O2. The highest BCUT2D eigenvalue weighted by atomic mass is 16.5. The fraction of sp³-hybridized carbons (Fsp3) is 0.417. The molecule has 94 valence electrons. The van der Waals surface area contributed by atoms with Gasteiger partial charge in [-0.1, -0.05) is 5.16 Å². The number of carbonyl (C=O) groups excluding carboxylic acids is 1. The van der Waals surface area contributed by atoms with E-state index in [1.807, 2.05) is 6.20 Å². The average molecular weight is 246 g/mol. The van der Waals surface area contributed by atoms with E-state index in [0.29, 0.717) is 11.5 Å². The second-order valence-corrected chi connectivity index (χ2v) is 4.61. The van der Waals surface area contributed by atoms with Gasteiger partial charge in [-0.05, 0) is 25.3 Å². The summed E-state index contributed by atoms with van der Waals surface area (Å²) in [5.74, 6) is 0.458. The molecular weight excluding hydrogens is 232 g/mol. The Morgan fingerprint density at radius 2 is 2.50 bits per heavy atom. The maximum absolute atomic E-state index is 11.9. The van der Waals surface area contributed by atoms with Crippen molar-refractivity contribution in [3.8, 4) is 0 Å². The summed E-state index contributed by atoms with van der Waals surface area (Å²) in [6, 6.07) is 1.77. The molecule has 2 aromatic heterocycles. The largest absolute Gasteiger partial charge is 0.361 e. The Labute approximate surface area is 104 Å². The Morgan fingerprint density at radius 3 is 3.28 bits per heavy atom. The van der Waals surface area contributed by atoms with Crippen LogP contribution in [0.5, 0.6) is 0 Å². The van der Waals surface area contributed by atoms with Gasteiger partial charge in [-0.2, -0.15) is 5.10 Å². The van der Waals surface area contributed by atoms with Crippen molar-refractivity contribution < 1.29 is 9.32 Å². The van der Waals surface area contributed by atoms with Crippen LogP contribution in [0.1, 0.15) is 33.9 Å². The Kier molecular flexibility index (Phi) is 2.62. The van der Waals surface area contributed by atoms with E-state index in [2.05, 4.69) is 20.7 Å². The molecule has 6 nitrogen and oxygen atoms in total. The third kappa shape index (κ3) is 2.01. The number of H-pyrrole nitrogens is 1. The Balaban J connectivity index is 1.66. The molecule has 0 bridgehead atoms. The van der Waals surface area contributed by atoms with Crippen LogP contribution in [0.25, 0.3) is 0 Å². The first-order valence-corrected chi connectivity index (χ1v) is 5.97. The fourth-order valence-electron chi connectivity index (χ4n) is 2.26. The summed E-state index contributed by atoms with van der Waals surface area (Å²) < 4.78 is 4.89. The summed E-state index contributed by atoms with van der Waals surface area (Å²) >= 11 is 0. The van der Waals surface area contributed by atoms with Gasteiger partial charge in [0.05, 0.1) is 6.20 Å². The van der Waals surface area contributed by atoms with Gasteiger partial charge in [0, 0.05) is 24.2 Å². The van der Waals surface area contributed by atoms with Crippen LogP contribution in [0.2, 0.25) is 0 Å². The van der Waals surface area contributed by atoms with Gasteiger partial charge in [-0.15, -0.1) is 0 Å². The van der Waals surface area contributed by atoms with Crippen molar-refractivity contribution >= 4 is 5.91 Å². The molecule has 1 unspecified atom stereocenters. The van der Waals surface area contributed by atoms with Crippen molar-refractivity contribution in [3.05, 3.63) is 35.0 Å². The number of carbonyl (C=O) groups is 1. The number of hydrogen-bond donors (Lipinski definition) is 2. The molecule has 0 fully saturated rings. The lowest BCUT2D eigenvalue weighted by Gasteiger charge is -2.22. The van der Waals surface area contributed by atoms with Crippen molar-refractivity contribution in [3.63, 3.8) is 0 Å². The highest BCUT2D eigenvalue weighted by Gasteiger charge is 2.22. The predicted octanol–water partition coefficient (Wildman–Crippen LogP) is 0.993. The molecule has 3 rings (SSSR count). The average Bonchev–Trinajstić information content (AvgIpc) is 2.96. The number of hydrogen-bond acceptors (Lipinski definition) is 4. The van der Waals surface area contributed by atoms with E-state index >= 15 is 0 Å². The number of aryl methyl sites for hydroxylation is 2. The Hall–Kier alpha value is -2.11. The third-order valence-corrected chi connectivity index (χ3v) is 3.22. The van der Waals surface area contributed by atoms with Crippen LogP contribution < -0.4 is 5.32 Å². The maximum Gasteiger partial charge on any atom is 0.273 e. The fourth-order valence-corrected chi connectivity index (χ4v) is 2.26. The van der Waals surface area contributed by atoms with Crippen molar-refractivity contribution in [2.45, 2.75) is 32.2 Å². The van der Waals surface area contributed by atoms with Gasteiger partial charge in [0.25, 0.3) is 5.91 Å². The van der Waals surface area contributed by atoms with E-state index < -0.39 is 0 Å². The SMILES string of the molecule is Cc1cc(C(=O)NC2CCc3cn[nH]c3C2)no1. The zero-order chi connectivity index (χ0) is 12.5. The van der Waals surface area contributed by atoms with Crippen molar-refractivity contribution in [1.82, 2.24) is 20.7 Å². The predicted molar refractivity (Wildman–Crippen MR) is 63.1 cm³/mol. The second-order valence-electron chi connectivity index (χ2n) is 4.61. The number of aromatic amines is 1. The quantitative estimate of drug-likeness (QED) is 0.827. The number of fused-ring (bicyclic) bond motifs is 1. The summed E-state index contributed by atoms with van der Waals surface area (Å²) in [5, 5.41) is 13.7. The normalized spacial score (nSPS) is 18.4. The number of aromatic nitrogens is 3. The van der Waals surface area contributed by atoms with E-state index in [1.165, 1.54) is 5.56 Å². The van der Waals surface area contributed by atoms with Crippen LogP contribution in [-0.2, 0) is 12.8 Å². The van der Waals surface area contributed by atoms with E-state index in [-0.39, 0.29) is 11.9 Å². The van der Waals surface area contributed by atoms with Gasteiger partial charge in [0.1, 0.15) is 5.76 Å². The first kappa shape index (κ1) is 11.0. The van der Waals surface area contributed by atoms with Gasteiger partial charge in [0.15, 0.2) is 5.69 Å². The summed E-state index contributed by atoms with van der Waals surface area (Å²) in [6.45, 7) is 1.77. The maximum atomic E-state index is 11.9. The molecule has 0 radical (unpaired) electrons. The Bertz CT molecular complexity index is 572. The zero-order valence-electron chi connectivity index (χ0n) is 10.1. The van der Waals surface area contributed by atoms with Crippen LogP contribution in [0, 0.1) is 6.92 Å². The smallest absolute Gasteiger partial charge is 0.273 e. The lowest BCUT2D eigenvalue weighted by molar-refractivity contribution is 0.0924. The molecule has 6 heteroatoms. The minimum Gasteiger partial charge on any atom is -0.361 e. The summed E-state index contributed by atoms with van der Waals surface area (Å²) in [5.41, 5.74) is 2.70. The minimum absolute atomic E-state index is 0.127. The molecule has 0 aromatic carbocycles. The highest BCUT2D eigenvalue weighted by Crippen LogP contribution is 2.19. The molecule has 0 saturated carbocycles. The van der Waals surface area contributed by atoms with Gasteiger partial charge < -0.3 is 9.84 Å². The molecule has 1 atom stereocenters. The molecule has 2 heterocycles. The molecule has 0 spiro atoms. The van der Waals surface area contributed by atoms with Crippen LogP contribution >= 0.6 is 0 Å². The molecule has 1 aliphatic carbocycles. The summed E-state index contributed by atoms with van der Waals surface area (Å²) in [7, 11) is 0. The molecule has 2 aromatic rings. The second kappa shape index (κ2) is 4.29. The lowest BCUT2D eigenvalue weighted by atomic mass is 9.94. The van der Waals surface area contributed by atoms with Gasteiger partial charge in [-0.25, -0.2) is 0 Å². The number of amides is 1. The van der Waals surface area contributed by atoms with Crippen LogP contribution in [0.15, 0.2) is 16.8 Å². The first-order valence-electron chi connectivity index (χ1n) is 5.97. The van der Waals surface area contributed by atoms with Crippen LogP contribution in [0.4, 0.5) is 0 Å². The van der Waals surface area contributed by atoms with Gasteiger partial charge in [0.2, 0.25) is 0 Å². The molecule has 0 aliphatic heterocycles. The van der Waals surface area contributed by atoms with Crippen LogP contribution in [0.3, 0.4) is 0 Å². The Morgan fingerprint density at radius 1 is 1.61 bits per heavy atom. The van der Waals surface area contributed by atoms with Crippen molar-refractivity contribution in [1.29, 1.82) is 0 Å². The lowest BCUT2D eigenvalue weighted by Crippen LogP contribution is -2.38. The van der Waals surface area contributed by atoms with Crippen LogP contribution in [-0.4, -0.2) is 27.3 Å². The molecule has 0 saturated heterocycles. The van der Waals surface area contributed by atoms with E-state index in [1.54, 1.807) is 13.0 Å². The third-order valence-electron chi connectivity index (χ3n) is 3.22. The monoisotopic (exact) mass is 246 g/mol. The molecule has 18 heavy (non-hydrogen) atoms.